The first kappa shape index (κ1) is 20.4. The van der Waals surface area contributed by atoms with Crippen molar-refractivity contribution in [1.82, 2.24) is 5.32 Å². The number of amides is 1. The summed E-state index contributed by atoms with van der Waals surface area (Å²) in [4.78, 5) is 16.7. The predicted molar refractivity (Wildman–Crippen MR) is 110 cm³/mol. The third-order valence-corrected chi connectivity index (χ3v) is 7.71. The molecule has 1 amide bonds. The zero-order valence-electron chi connectivity index (χ0n) is 14.9. The third-order valence-electron chi connectivity index (χ3n) is 4.24. The third kappa shape index (κ3) is 5.37. The molecule has 1 fully saturated rings. The zero-order chi connectivity index (χ0) is 19.4. The molecule has 7 nitrogen and oxygen atoms in total. The largest absolute Gasteiger partial charge is 0.382 e. The lowest BCUT2D eigenvalue weighted by molar-refractivity contribution is 0.0944. The molecular formula is C17H22ClN3O4S2. The molecule has 1 aromatic carbocycles. The van der Waals surface area contributed by atoms with Crippen LogP contribution in [0.3, 0.4) is 0 Å². The van der Waals surface area contributed by atoms with Crippen molar-refractivity contribution >= 4 is 50.0 Å². The molecule has 3 rings (SSSR count). The van der Waals surface area contributed by atoms with Gasteiger partial charge in [-0.25, -0.2) is 8.42 Å². The Morgan fingerprint density at radius 3 is 2.96 bits per heavy atom. The summed E-state index contributed by atoms with van der Waals surface area (Å²) in [7, 11) is -2.99. The molecule has 0 spiro atoms. The molecule has 10 heteroatoms. The summed E-state index contributed by atoms with van der Waals surface area (Å²) in [6.45, 7) is 3.74. The number of aliphatic imine (C=N–C) groups is 1. The second-order valence-electron chi connectivity index (χ2n) is 6.36. The van der Waals surface area contributed by atoms with Crippen LogP contribution in [0, 0.1) is 0 Å². The average Bonchev–Trinajstić information content (AvgIpc) is 3.09. The van der Waals surface area contributed by atoms with Gasteiger partial charge in [-0.1, -0.05) is 23.4 Å². The minimum atomic E-state index is -2.99. The standard InChI is InChI=1S/C17H22ClN3O4S2/c1-2-25-7-3-6-19-16(22)11-4-5-12(18)13(8-11)20-17-21-14-9-27(23,24)10-15(14)26-17/h4-5,8,14-15H,2-3,6-7,9-10H2,1H3,(H,19,22)(H,20,21). The Hall–Kier alpha value is -1.29. The maximum atomic E-state index is 12.3. The molecule has 2 N–H and O–H groups in total. The molecule has 0 radical (unpaired) electrons. The first-order valence-electron chi connectivity index (χ1n) is 8.75. The van der Waals surface area contributed by atoms with E-state index in [4.69, 9.17) is 16.3 Å². The highest BCUT2D eigenvalue weighted by atomic mass is 35.5. The Morgan fingerprint density at radius 2 is 2.22 bits per heavy atom. The van der Waals surface area contributed by atoms with E-state index in [2.05, 4.69) is 15.6 Å². The van der Waals surface area contributed by atoms with Crippen LogP contribution in [0.25, 0.3) is 0 Å². The van der Waals surface area contributed by atoms with Crippen molar-refractivity contribution in [3.05, 3.63) is 28.8 Å². The number of fused-ring (bicyclic) bond motifs is 1. The topological polar surface area (TPSA) is 96.9 Å². The highest BCUT2D eigenvalue weighted by Crippen LogP contribution is 2.35. The number of hydrogen-bond acceptors (Lipinski definition) is 7. The number of nitrogens with one attached hydrogen (secondary N) is 2. The molecule has 2 aliphatic heterocycles. The van der Waals surface area contributed by atoms with Gasteiger partial charge < -0.3 is 15.4 Å². The Kier molecular flexibility index (Phi) is 6.67. The van der Waals surface area contributed by atoms with Gasteiger partial charge in [0.1, 0.15) is 0 Å². The van der Waals surface area contributed by atoms with Crippen molar-refractivity contribution in [2.75, 3.05) is 36.6 Å². The summed E-state index contributed by atoms with van der Waals surface area (Å²) in [5.41, 5.74) is 1.07. The van der Waals surface area contributed by atoms with Gasteiger partial charge in [0, 0.05) is 30.6 Å². The molecule has 2 unspecified atom stereocenters. The van der Waals surface area contributed by atoms with Gasteiger partial charge in [0.2, 0.25) is 0 Å². The Bertz CT molecular complexity index is 845. The lowest BCUT2D eigenvalue weighted by atomic mass is 10.2. The number of amidine groups is 1. The Labute approximate surface area is 168 Å². The molecule has 0 aliphatic carbocycles. The minimum Gasteiger partial charge on any atom is -0.382 e. The molecule has 2 heterocycles. The van der Waals surface area contributed by atoms with Crippen LogP contribution in [0.5, 0.6) is 0 Å². The van der Waals surface area contributed by atoms with Crippen molar-refractivity contribution in [3.63, 3.8) is 0 Å². The van der Waals surface area contributed by atoms with E-state index in [0.717, 1.165) is 6.42 Å². The lowest BCUT2D eigenvalue weighted by Crippen LogP contribution is -2.25. The molecular weight excluding hydrogens is 410 g/mol. The number of anilines is 1. The number of halogens is 1. The summed E-state index contributed by atoms with van der Waals surface area (Å²) in [5, 5.41) is 7.03. The van der Waals surface area contributed by atoms with Crippen LogP contribution in [-0.2, 0) is 14.6 Å². The van der Waals surface area contributed by atoms with Gasteiger partial charge in [0.25, 0.3) is 5.91 Å². The van der Waals surface area contributed by atoms with Gasteiger partial charge in [0.15, 0.2) is 15.0 Å². The predicted octanol–water partition coefficient (Wildman–Crippen LogP) is 2.18. The molecule has 27 heavy (non-hydrogen) atoms. The van der Waals surface area contributed by atoms with Crippen molar-refractivity contribution < 1.29 is 17.9 Å². The number of hydrogen-bond donors (Lipinski definition) is 2. The summed E-state index contributed by atoms with van der Waals surface area (Å²) >= 11 is 7.65. The van der Waals surface area contributed by atoms with Crippen LogP contribution >= 0.6 is 23.4 Å². The highest BCUT2D eigenvalue weighted by molar-refractivity contribution is 8.15. The van der Waals surface area contributed by atoms with E-state index in [0.29, 0.717) is 41.2 Å². The number of rotatable bonds is 7. The number of sulfone groups is 1. The quantitative estimate of drug-likeness (QED) is 0.642. The monoisotopic (exact) mass is 431 g/mol. The summed E-state index contributed by atoms with van der Waals surface area (Å²) in [5.74, 6) is 0.0538. The van der Waals surface area contributed by atoms with Crippen LogP contribution in [0.2, 0.25) is 5.02 Å². The maximum absolute atomic E-state index is 12.3. The first-order valence-corrected chi connectivity index (χ1v) is 11.8. The molecule has 2 atom stereocenters. The second-order valence-corrected chi connectivity index (χ2v) is 10.1. The van der Waals surface area contributed by atoms with Crippen LogP contribution in [0.4, 0.5) is 5.69 Å². The van der Waals surface area contributed by atoms with Crippen LogP contribution < -0.4 is 10.6 Å². The highest BCUT2D eigenvalue weighted by Gasteiger charge is 2.42. The van der Waals surface area contributed by atoms with E-state index < -0.39 is 9.84 Å². The summed E-state index contributed by atoms with van der Waals surface area (Å²) in [6.07, 6.45) is 0.747. The smallest absolute Gasteiger partial charge is 0.251 e. The van der Waals surface area contributed by atoms with Crippen LogP contribution in [0.1, 0.15) is 23.7 Å². The van der Waals surface area contributed by atoms with E-state index >= 15 is 0 Å². The average molecular weight is 432 g/mol. The molecule has 2 aliphatic rings. The number of carbonyl (C=O) groups excluding carboxylic acids is 1. The Balaban J connectivity index is 1.60. The van der Waals surface area contributed by atoms with Crippen molar-refractivity contribution in [3.8, 4) is 0 Å². The zero-order valence-corrected chi connectivity index (χ0v) is 17.3. The first-order chi connectivity index (χ1) is 12.9. The fourth-order valence-corrected chi connectivity index (χ4v) is 6.75. The fourth-order valence-electron chi connectivity index (χ4n) is 2.92. The van der Waals surface area contributed by atoms with Crippen LogP contribution in [0.15, 0.2) is 23.2 Å². The van der Waals surface area contributed by atoms with E-state index in [-0.39, 0.29) is 28.7 Å². The molecule has 148 valence electrons. The van der Waals surface area contributed by atoms with E-state index in [1.165, 1.54) is 11.8 Å². The Morgan fingerprint density at radius 1 is 1.41 bits per heavy atom. The fraction of sp³-hybridized carbons (Fsp3) is 0.529. The number of benzene rings is 1. The number of carbonyl (C=O) groups is 1. The van der Waals surface area contributed by atoms with Crippen LogP contribution in [-0.4, -0.2) is 62.0 Å². The second kappa shape index (κ2) is 8.81. The minimum absolute atomic E-state index is 0.0481. The lowest BCUT2D eigenvalue weighted by Gasteiger charge is -2.11. The number of nitrogens with zero attached hydrogens (tertiary/aromatic N) is 1. The van der Waals surface area contributed by atoms with Crippen molar-refractivity contribution in [2.45, 2.75) is 24.6 Å². The van der Waals surface area contributed by atoms with Gasteiger partial charge in [0.05, 0.1) is 28.3 Å². The van der Waals surface area contributed by atoms with Crippen molar-refractivity contribution in [2.24, 2.45) is 4.99 Å². The molecule has 0 saturated carbocycles. The van der Waals surface area contributed by atoms with Gasteiger partial charge in [-0.2, -0.15) is 0 Å². The number of ether oxygens (including phenoxy) is 1. The molecule has 0 aromatic heterocycles. The summed E-state index contributed by atoms with van der Waals surface area (Å²) in [6, 6.07) is 4.78. The molecule has 0 bridgehead atoms. The SMILES string of the molecule is CCOCCCNC(=O)c1ccc(Cl)c(NC2=NC3CS(=O)(=O)CC3S2)c1. The van der Waals surface area contributed by atoms with Gasteiger partial charge in [-0.05, 0) is 31.5 Å². The van der Waals surface area contributed by atoms with E-state index in [1.807, 2.05) is 6.92 Å². The van der Waals surface area contributed by atoms with E-state index in [9.17, 15) is 13.2 Å². The van der Waals surface area contributed by atoms with Gasteiger partial charge >= 0.3 is 0 Å². The van der Waals surface area contributed by atoms with Crippen molar-refractivity contribution in [1.29, 1.82) is 0 Å². The molecule has 1 aromatic rings. The normalized spacial score (nSPS) is 23.0. The number of thioether (sulfide) groups is 1. The van der Waals surface area contributed by atoms with E-state index in [1.54, 1.807) is 18.2 Å². The maximum Gasteiger partial charge on any atom is 0.251 e. The summed E-state index contributed by atoms with van der Waals surface area (Å²) < 4.78 is 28.5. The van der Waals surface area contributed by atoms with Gasteiger partial charge in [-0.3, -0.25) is 9.79 Å². The van der Waals surface area contributed by atoms with Gasteiger partial charge in [-0.15, -0.1) is 0 Å². The molecule has 1 saturated heterocycles.